The molecule has 0 saturated carbocycles. The Morgan fingerprint density at radius 1 is 1.00 bits per heavy atom. The molecule has 0 bridgehead atoms. The number of anilines is 1. The number of pyridine rings is 1. The monoisotopic (exact) mass is 386 g/mol. The summed E-state index contributed by atoms with van der Waals surface area (Å²) >= 11 is 0. The molecule has 1 atom stereocenters. The van der Waals surface area contributed by atoms with Gasteiger partial charge in [-0.05, 0) is 42.8 Å². The molecular formula is C23H15FN2O3. The maximum atomic E-state index is 13.8. The lowest BCUT2D eigenvalue weighted by molar-refractivity contribution is 0.0970. The van der Waals surface area contributed by atoms with Gasteiger partial charge in [0.2, 0.25) is 5.76 Å². The zero-order valence-corrected chi connectivity index (χ0v) is 15.4. The Labute approximate surface area is 165 Å². The summed E-state index contributed by atoms with van der Waals surface area (Å²) in [5.41, 5.74) is 1.44. The molecule has 1 aliphatic rings. The Morgan fingerprint density at radius 2 is 1.79 bits per heavy atom. The van der Waals surface area contributed by atoms with Crippen molar-refractivity contribution in [2.24, 2.45) is 0 Å². The lowest BCUT2D eigenvalue weighted by Gasteiger charge is -2.24. The summed E-state index contributed by atoms with van der Waals surface area (Å²) in [6, 6.07) is 17.5. The predicted octanol–water partition coefficient (Wildman–Crippen LogP) is 4.39. The maximum absolute atomic E-state index is 13.8. The summed E-state index contributed by atoms with van der Waals surface area (Å²) in [6.45, 7) is 1.83. The van der Waals surface area contributed by atoms with E-state index in [2.05, 4.69) is 4.98 Å². The minimum atomic E-state index is -0.711. The summed E-state index contributed by atoms with van der Waals surface area (Å²) in [5.74, 6) is -0.603. The van der Waals surface area contributed by atoms with Crippen LogP contribution in [0.1, 0.15) is 33.4 Å². The number of nitrogens with zero attached hydrogens (tertiary/aromatic N) is 2. The van der Waals surface area contributed by atoms with Gasteiger partial charge in [-0.3, -0.25) is 14.5 Å². The fourth-order valence-corrected chi connectivity index (χ4v) is 3.79. The maximum Gasteiger partial charge on any atom is 0.296 e. The highest BCUT2D eigenvalue weighted by Crippen LogP contribution is 2.40. The molecular weight excluding hydrogens is 371 g/mol. The molecule has 2 aromatic carbocycles. The van der Waals surface area contributed by atoms with E-state index in [1.807, 2.05) is 43.3 Å². The van der Waals surface area contributed by atoms with Gasteiger partial charge < -0.3 is 4.42 Å². The number of halogens is 1. The molecule has 6 heteroatoms. The highest BCUT2D eigenvalue weighted by Gasteiger charge is 2.44. The number of amides is 1. The summed E-state index contributed by atoms with van der Waals surface area (Å²) < 4.78 is 19.6. The standard InChI is InChI=1S/C23H15FN2O3/c1-13-6-5-9-18(25-13)26-20(14-7-3-2-4-8-14)19-21(27)16-12-15(24)10-11-17(16)29-22(19)23(26)28/h2-12,20H,1H3/t20-/m0/s1. The van der Waals surface area contributed by atoms with Crippen molar-refractivity contribution in [1.82, 2.24) is 4.98 Å². The second-order valence-corrected chi connectivity index (χ2v) is 6.94. The second kappa shape index (κ2) is 6.38. The van der Waals surface area contributed by atoms with Gasteiger partial charge in [0, 0.05) is 5.69 Å². The van der Waals surface area contributed by atoms with Crippen molar-refractivity contribution >= 4 is 22.7 Å². The average Bonchev–Trinajstić information content (AvgIpc) is 3.02. The third kappa shape index (κ3) is 2.64. The summed E-state index contributed by atoms with van der Waals surface area (Å²) in [4.78, 5) is 32.6. The topological polar surface area (TPSA) is 63.4 Å². The number of aryl methyl sites for hydroxylation is 1. The van der Waals surface area contributed by atoms with Crippen molar-refractivity contribution in [3.8, 4) is 0 Å². The number of carbonyl (C=O) groups is 1. The number of rotatable bonds is 2. The number of benzene rings is 2. The largest absolute Gasteiger partial charge is 0.450 e. The van der Waals surface area contributed by atoms with E-state index in [0.717, 1.165) is 17.3 Å². The van der Waals surface area contributed by atoms with Crippen LogP contribution in [-0.4, -0.2) is 10.9 Å². The lowest BCUT2D eigenvalue weighted by Crippen LogP contribution is -2.30. The van der Waals surface area contributed by atoms with E-state index in [1.54, 1.807) is 12.1 Å². The first kappa shape index (κ1) is 17.3. The van der Waals surface area contributed by atoms with Crippen LogP contribution in [0.2, 0.25) is 0 Å². The number of fused-ring (bicyclic) bond motifs is 2. The van der Waals surface area contributed by atoms with Crippen molar-refractivity contribution in [3.63, 3.8) is 0 Å². The molecule has 2 aromatic heterocycles. The van der Waals surface area contributed by atoms with Crippen LogP contribution in [0.25, 0.3) is 11.0 Å². The van der Waals surface area contributed by atoms with Crippen molar-refractivity contribution in [2.45, 2.75) is 13.0 Å². The van der Waals surface area contributed by atoms with Crippen LogP contribution in [0.5, 0.6) is 0 Å². The zero-order chi connectivity index (χ0) is 20.1. The van der Waals surface area contributed by atoms with Crippen molar-refractivity contribution in [1.29, 1.82) is 0 Å². The second-order valence-electron chi connectivity index (χ2n) is 6.94. The quantitative estimate of drug-likeness (QED) is 0.513. The molecule has 0 radical (unpaired) electrons. The van der Waals surface area contributed by atoms with Gasteiger partial charge in [0.1, 0.15) is 17.2 Å². The molecule has 1 aliphatic heterocycles. The molecule has 0 aliphatic carbocycles. The van der Waals surface area contributed by atoms with Crippen LogP contribution < -0.4 is 10.3 Å². The molecule has 0 fully saturated rings. The Kier molecular flexibility index (Phi) is 3.81. The van der Waals surface area contributed by atoms with Crippen LogP contribution in [0, 0.1) is 12.7 Å². The van der Waals surface area contributed by atoms with E-state index in [9.17, 15) is 14.0 Å². The van der Waals surface area contributed by atoms with Crippen LogP contribution in [0.3, 0.4) is 0 Å². The van der Waals surface area contributed by atoms with E-state index in [1.165, 1.54) is 17.0 Å². The Hall–Kier alpha value is -3.80. The highest BCUT2D eigenvalue weighted by atomic mass is 19.1. The Bertz CT molecular complexity index is 1330. The number of carbonyl (C=O) groups excluding carboxylic acids is 1. The molecule has 142 valence electrons. The molecule has 5 rings (SSSR count). The molecule has 29 heavy (non-hydrogen) atoms. The van der Waals surface area contributed by atoms with Gasteiger partial charge in [-0.15, -0.1) is 0 Å². The first-order valence-corrected chi connectivity index (χ1v) is 9.13. The minimum Gasteiger partial charge on any atom is -0.450 e. The fraction of sp³-hybridized carbons (Fsp3) is 0.0870. The first-order valence-electron chi connectivity index (χ1n) is 9.13. The fourth-order valence-electron chi connectivity index (χ4n) is 3.79. The van der Waals surface area contributed by atoms with Crippen LogP contribution in [0.15, 0.2) is 75.9 Å². The van der Waals surface area contributed by atoms with Gasteiger partial charge in [0.25, 0.3) is 5.91 Å². The van der Waals surface area contributed by atoms with Crippen LogP contribution >= 0.6 is 0 Å². The molecule has 4 aromatic rings. The van der Waals surface area contributed by atoms with Crippen LogP contribution in [-0.2, 0) is 0 Å². The van der Waals surface area contributed by atoms with E-state index in [-0.39, 0.29) is 22.3 Å². The lowest BCUT2D eigenvalue weighted by atomic mass is 9.98. The average molecular weight is 386 g/mol. The van der Waals surface area contributed by atoms with Gasteiger partial charge >= 0.3 is 0 Å². The molecule has 3 heterocycles. The third-order valence-electron chi connectivity index (χ3n) is 5.07. The summed E-state index contributed by atoms with van der Waals surface area (Å²) in [7, 11) is 0. The van der Waals surface area contributed by atoms with Crippen LogP contribution in [0.4, 0.5) is 10.2 Å². The number of hydrogen-bond acceptors (Lipinski definition) is 4. The van der Waals surface area contributed by atoms with E-state index in [4.69, 9.17) is 4.42 Å². The highest BCUT2D eigenvalue weighted by molar-refractivity contribution is 6.10. The normalized spacial score (nSPS) is 15.7. The Balaban J connectivity index is 1.84. The number of hydrogen-bond donors (Lipinski definition) is 0. The molecule has 0 unspecified atom stereocenters. The van der Waals surface area contributed by atoms with Gasteiger partial charge in [0.05, 0.1) is 17.0 Å². The van der Waals surface area contributed by atoms with Crippen molar-refractivity contribution in [2.75, 3.05) is 4.90 Å². The van der Waals surface area contributed by atoms with Gasteiger partial charge in [-0.2, -0.15) is 0 Å². The Morgan fingerprint density at radius 3 is 2.55 bits per heavy atom. The van der Waals surface area contributed by atoms with Crippen molar-refractivity contribution in [3.05, 3.63) is 105 Å². The van der Waals surface area contributed by atoms with Crippen molar-refractivity contribution < 1.29 is 13.6 Å². The van der Waals surface area contributed by atoms with Gasteiger partial charge in [-0.1, -0.05) is 36.4 Å². The van der Waals surface area contributed by atoms with Gasteiger partial charge in [0.15, 0.2) is 5.43 Å². The predicted molar refractivity (Wildman–Crippen MR) is 107 cm³/mol. The number of aromatic nitrogens is 1. The molecule has 0 spiro atoms. The summed E-state index contributed by atoms with van der Waals surface area (Å²) in [5, 5.41) is 0.108. The van der Waals surface area contributed by atoms with E-state index < -0.39 is 23.2 Å². The van der Waals surface area contributed by atoms with E-state index >= 15 is 0 Å². The third-order valence-corrected chi connectivity index (χ3v) is 5.07. The first-order chi connectivity index (χ1) is 14.0. The summed E-state index contributed by atoms with van der Waals surface area (Å²) in [6.07, 6.45) is 0. The van der Waals surface area contributed by atoms with Gasteiger partial charge in [-0.25, -0.2) is 9.37 Å². The van der Waals surface area contributed by atoms with E-state index in [0.29, 0.717) is 5.82 Å². The smallest absolute Gasteiger partial charge is 0.296 e. The molecule has 0 saturated heterocycles. The zero-order valence-electron chi connectivity index (χ0n) is 15.4. The molecule has 1 amide bonds. The molecule has 5 nitrogen and oxygen atoms in total. The molecule has 0 N–H and O–H groups in total. The SMILES string of the molecule is Cc1cccc(N2C(=O)c3oc4ccc(F)cc4c(=O)c3[C@@H]2c2ccccc2)n1. The minimum absolute atomic E-state index is 0.0359.